The molecule has 124 valence electrons. The second kappa shape index (κ2) is 9.10. The number of hydrogen-bond acceptors (Lipinski definition) is 5. The van der Waals surface area contributed by atoms with E-state index in [1.807, 2.05) is 6.07 Å². The van der Waals surface area contributed by atoms with Crippen LogP contribution in [0.25, 0.3) is 0 Å². The van der Waals surface area contributed by atoms with E-state index in [2.05, 4.69) is 29.3 Å². The van der Waals surface area contributed by atoms with Crippen molar-refractivity contribution in [1.82, 2.24) is 10.2 Å². The molecule has 0 bridgehead atoms. The Morgan fingerprint density at radius 2 is 2.14 bits per heavy atom. The van der Waals surface area contributed by atoms with Crippen LogP contribution in [0.4, 0.5) is 0 Å². The van der Waals surface area contributed by atoms with Crippen LogP contribution in [0.15, 0.2) is 18.2 Å². The Balaban J connectivity index is 2.01. The molecule has 1 atom stereocenters. The van der Waals surface area contributed by atoms with Gasteiger partial charge in [-0.2, -0.15) is 0 Å². The average molecular weight is 308 g/mol. The molecule has 1 saturated heterocycles. The molecule has 1 aromatic rings. The van der Waals surface area contributed by atoms with Crippen LogP contribution in [0.5, 0.6) is 5.75 Å². The smallest absolute Gasteiger partial charge is 0.123 e. The number of nitrogens with one attached hydrogen (secondary N) is 1. The van der Waals surface area contributed by atoms with Gasteiger partial charge in [-0.05, 0) is 24.1 Å². The van der Waals surface area contributed by atoms with Crippen molar-refractivity contribution >= 4 is 0 Å². The van der Waals surface area contributed by atoms with Gasteiger partial charge < -0.3 is 19.9 Å². The van der Waals surface area contributed by atoms with Crippen molar-refractivity contribution in [3.8, 4) is 5.75 Å². The minimum atomic E-state index is 0.157. The van der Waals surface area contributed by atoms with Gasteiger partial charge >= 0.3 is 0 Å². The minimum Gasteiger partial charge on any atom is -0.496 e. The Bertz CT molecular complexity index is 444. The lowest BCUT2D eigenvalue weighted by Crippen LogP contribution is -2.35. The molecule has 1 aliphatic heterocycles. The van der Waals surface area contributed by atoms with E-state index in [0.717, 1.165) is 51.6 Å². The summed E-state index contributed by atoms with van der Waals surface area (Å²) >= 11 is 0. The first-order valence-electron chi connectivity index (χ1n) is 8.07. The Hall–Kier alpha value is -1.14. The van der Waals surface area contributed by atoms with Gasteiger partial charge in [-0.25, -0.2) is 0 Å². The van der Waals surface area contributed by atoms with E-state index in [4.69, 9.17) is 9.47 Å². The molecule has 1 heterocycles. The topological polar surface area (TPSA) is 54.0 Å². The fourth-order valence-corrected chi connectivity index (χ4v) is 2.67. The number of methoxy groups -OCH3 is 1. The minimum absolute atomic E-state index is 0.157. The Morgan fingerprint density at radius 1 is 1.36 bits per heavy atom. The average Bonchev–Trinajstić information content (AvgIpc) is 2.57. The number of hydrogen-bond donors (Lipinski definition) is 2. The zero-order chi connectivity index (χ0) is 15.8. The molecule has 0 aromatic heterocycles. The van der Waals surface area contributed by atoms with Crippen LogP contribution in [-0.2, 0) is 17.8 Å². The van der Waals surface area contributed by atoms with Gasteiger partial charge in [0.15, 0.2) is 0 Å². The van der Waals surface area contributed by atoms with E-state index in [-0.39, 0.29) is 12.6 Å². The van der Waals surface area contributed by atoms with Gasteiger partial charge in [0.2, 0.25) is 0 Å². The lowest BCUT2D eigenvalue weighted by Gasteiger charge is -2.27. The maximum Gasteiger partial charge on any atom is 0.123 e. The van der Waals surface area contributed by atoms with Gasteiger partial charge in [0.1, 0.15) is 5.75 Å². The van der Waals surface area contributed by atoms with Crippen LogP contribution >= 0.6 is 0 Å². The molecule has 1 aromatic carbocycles. The number of benzene rings is 1. The number of ether oxygens (including phenoxy) is 2. The molecule has 0 unspecified atom stereocenters. The molecule has 22 heavy (non-hydrogen) atoms. The Morgan fingerprint density at radius 3 is 2.77 bits per heavy atom. The van der Waals surface area contributed by atoms with Crippen LogP contribution in [0.3, 0.4) is 0 Å². The van der Waals surface area contributed by atoms with Gasteiger partial charge in [0, 0.05) is 37.8 Å². The molecule has 2 N–H and O–H groups in total. The van der Waals surface area contributed by atoms with E-state index in [0.29, 0.717) is 0 Å². The summed E-state index contributed by atoms with van der Waals surface area (Å²) in [4.78, 5) is 2.39. The molecule has 0 saturated carbocycles. The van der Waals surface area contributed by atoms with Gasteiger partial charge in [-0.1, -0.05) is 13.0 Å². The maximum absolute atomic E-state index is 9.26. The fourth-order valence-electron chi connectivity index (χ4n) is 2.67. The monoisotopic (exact) mass is 308 g/mol. The van der Waals surface area contributed by atoms with Crippen LogP contribution in [0.2, 0.25) is 0 Å². The third-order valence-corrected chi connectivity index (χ3v) is 4.15. The lowest BCUT2D eigenvalue weighted by atomic mass is 10.1. The molecular formula is C17H28N2O3. The van der Waals surface area contributed by atoms with Gasteiger partial charge in [-0.3, -0.25) is 4.90 Å². The van der Waals surface area contributed by atoms with E-state index in [1.54, 1.807) is 7.11 Å². The highest BCUT2D eigenvalue weighted by Gasteiger charge is 2.14. The predicted molar refractivity (Wildman–Crippen MR) is 87.1 cm³/mol. The molecule has 0 amide bonds. The summed E-state index contributed by atoms with van der Waals surface area (Å²) in [6.45, 7) is 7.44. The van der Waals surface area contributed by atoms with Crippen molar-refractivity contribution in [1.29, 1.82) is 0 Å². The third kappa shape index (κ3) is 4.95. The fraction of sp³-hybridized carbons (Fsp3) is 0.647. The summed E-state index contributed by atoms with van der Waals surface area (Å²) in [6, 6.07) is 6.47. The second-order valence-corrected chi connectivity index (χ2v) is 5.70. The Kier molecular flexibility index (Phi) is 7.12. The van der Waals surface area contributed by atoms with Crippen LogP contribution in [0, 0.1) is 0 Å². The summed E-state index contributed by atoms with van der Waals surface area (Å²) in [5, 5.41) is 12.6. The maximum atomic E-state index is 9.26. The molecule has 2 rings (SSSR count). The Labute approximate surface area is 133 Å². The first-order valence-corrected chi connectivity index (χ1v) is 8.07. The molecule has 0 aliphatic carbocycles. The van der Waals surface area contributed by atoms with E-state index < -0.39 is 0 Å². The predicted octanol–water partition coefficient (Wildman–Crippen LogP) is 1.39. The van der Waals surface area contributed by atoms with Gasteiger partial charge in [-0.15, -0.1) is 0 Å². The van der Waals surface area contributed by atoms with Crippen molar-refractivity contribution in [3.05, 3.63) is 29.3 Å². The van der Waals surface area contributed by atoms with E-state index in [9.17, 15) is 5.11 Å². The van der Waals surface area contributed by atoms with Gasteiger partial charge in [0.25, 0.3) is 0 Å². The van der Waals surface area contributed by atoms with E-state index in [1.165, 1.54) is 11.1 Å². The highest BCUT2D eigenvalue weighted by Crippen LogP contribution is 2.22. The summed E-state index contributed by atoms with van der Waals surface area (Å²) < 4.78 is 10.9. The van der Waals surface area contributed by atoms with Crippen molar-refractivity contribution < 1.29 is 14.6 Å². The zero-order valence-corrected chi connectivity index (χ0v) is 13.7. The molecule has 5 heteroatoms. The van der Waals surface area contributed by atoms with Gasteiger partial charge in [0.05, 0.1) is 26.9 Å². The normalized spacial score (nSPS) is 17.4. The van der Waals surface area contributed by atoms with Crippen molar-refractivity contribution in [3.63, 3.8) is 0 Å². The van der Waals surface area contributed by atoms with Crippen molar-refractivity contribution in [2.24, 2.45) is 0 Å². The number of morpholine rings is 1. The molecular weight excluding hydrogens is 280 g/mol. The summed E-state index contributed by atoms with van der Waals surface area (Å²) in [6.07, 6.45) is 0.924. The SMILES string of the molecule is CC[C@@H](CO)NCc1ccc(OC)c(CN2CCOCC2)c1. The standard InChI is InChI=1S/C17H28N2O3/c1-3-16(13-20)18-11-14-4-5-17(21-2)15(10-14)12-19-6-8-22-9-7-19/h4-5,10,16,18,20H,3,6-9,11-13H2,1-2H3/t16-/m0/s1. The lowest BCUT2D eigenvalue weighted by molar-refractivity contribution is 0.0339. The molecule has 1 aliphatic rings. The van der Waals surface area contributed by atoms with Crippen LogP contribution in [0.1, 0.15) is 24.5 Å². The quantitative estimate of drug-likeness (QED) is 0.760. The summed E-state index contributed by atoms with van der Waals surface area (Å²) in [7, 11) is 1.72. The molecule has 0 spiro atoms. The first-order chi connectivity index (χ1) is 10.8. The van der Waals surface area contributed by atoms with Crippen molar-refractivity contribution in [2.45, 2.75) is 32.5 Å². The van der Waals surface area contributed by atoms with Crippen LogP contribution < -0.4 is 10.1 Å². The summed E-state index contributed by atoms with van der Waals surface area (Å²) in [5.74, 6) is 0.935. The van der Waals surface area contributed by atoms with Crippen LogP contribution in [-0.4, -0.2) is 56.1 Å². The second-order valence-electron chi connectivity index (χ2n) is 5.70. The molecule has 5 nitrogen and oxygen atoms in total. The number of aliphatic hydroxyl groups excluding tert-OH is 1. The molecule has 0 radical (unpaired) electrons. The number of aliphatic hydroxyl groups is 1. The number of nitrogens with zero attached hydrogens (tertiary/aromatic N) is 1. The number of rotatable bonds is 8. The highest BCUT2D eigenvalue weighted by molar-refractivity contribution is 5.37. The largest absolute Gasteiger partial charge is 0.496 e. The highest BCUT2D eigenvalue weighted by atomic mass is 16.5. The zero-order valence-electron chi connectivity index (χ0n) is 13.7. The van der Waals surface area contributed by atoms with E-state index >= 15 is 0 Å². The first kappa shape index (κ1) is 17.2. The molecule has 1 fully saturated rings. The summed E-state index contributed by atoms with van der Waals surface area (Å²) in [5.41, 5.74) is 2.43. The third-order valence-electron chi connectivity index (χ3n) is 4.15. The van der Waals surface area contributed by atoms with Crippen molar-refractivity contribution in [2.75, 3.05) is 40.0 Å².